The Morgan fingerprint density at radius 1 is 0.923 bits per heavy atom. The smallest absolute Gasteiger partial charge is 0.259 e. The molecule has 1 saturated heterocycles. The third-order valence-corrected chi connectivity index (χ3v) is 8.39. The molecule has 0 atom stereocenters. The van der Waals surface area contributed by atoms with Crippen molar-refractivity contribution >= 4 is 46.3 Å². The maximum Gasteiger partial charge on any atom is 0.259 e. The second-order valence-electron chi connectivity index (χ2n) is 9.65. The molecule has 0 aliphatic carbocycles. The van der Waals surface area contributed by atoms with Crippen LogP contribution in [0.15, 0.2) is 72.9 Å². The van der Waals surface area contributed by atoms with E-state index in [0.717, 1.165) is 47.6 Å². The number of anilines is 3. The van der Waals surface area contributed by atoms with Crippen LogP contribution < -0.4 is 20.9 Å². The summed E-state index contributed by atoms with van der Waals surface area (Å²) in [5, 5.41) is 2.95. The highest BCUT2D eigenvalue weighted by Crippen LogP contribution is 2.41. The van der Waals surface area contributed by atoms with E-state index in [2.05, 4.69) is 15.2 Å². The minimum atomic E-state index is -0.443. The first-order chi connectivity index (χ1) is 19.0. The summed E-state index contributed by atoms with van der Waals surface area (Å²) in [6, 6.07) is 20.1. The first-order valence-corrected chi connectivity index (χ1v) is 13.8. The Bertz CT molecular complexity index is 1570. The molecule has 9 heteroatoms. The van der Waals surface area contributed by atoms with Crippen LogP contribution >= 0.6 is 11.3 Å². The second-order valence-corrected chi connectivity index (χ2v) is 10.7. The average Bonchev–Trinajstić information content (AvgIpc) is 3.62. The molecule has 3 N–H and O–H groups in total. The molecular weight excluding hydrogens is 510 g/mol. The number of amides is 3. The Labute approximate surface area is 230 Å². The van der Waals surface area contributed by atoms with Crippen LogP contribution in [0.2, 0.25) is 0 Å². The van der Waals surface area contributed by atoms with Crippen molar-refractivity contribution in [3.8, 4) is 10.4 Å². The molecule has 2 aromatic heterocycles. The van der Waals surface area contributed by atoms with Gasteiger partial charge in [-0.25, -0.2) is 4.98 Å². The largest absolute Gasteiger partial charge is 0.365 e. The van der Waals surface area contributed by atoms with E-state index in [-0.39, 0.29) is 11.8 Å². The Morgan fingerprint density at radius 3 is 2.46 bits per heavy atom. The number of carbonyl (C=O) groups excluding carboxylic acids is 3. The maximum atomic E-state index is 13.7. The number of benzene rings is 2. The molecule has 39 heavy (non-hydrogen) atoms. The van der Waals surface area contributed by atoms with Crippen molar-refractivity contribution < 1.29 is 14.4 Å². The molecule has 2 aromatic carbocycles. The Hall–Kier alpha value is -4.50. The molecule has 196 valence electrons. The average molecular weight is 538 g/mol. The second kappa shape index (κ2) is 10.3. The summed E-state index contributed by atoms with van der Waals surface area (Å²) in [5.74, 6) is -0.0989. The molecule has 0 radical (unpaired) electrons. The van der Waals surface area contributed by atoms with Gasteiger partial charge in [0.05, 0.1) is 16.1 Å². The van der Waals surface area contributed by atoms with Crippen molar-refractivity contribution in [1.82, 2.24) is 4.98 Å². The number of rotatable bonds is 5. The zero-order valence-electron chi connectivity index (χ0n) is 21.2. The van der Waals surface area contributed by atoms with Gasteiger partial charge in [-0.3, -0.25) is 14.4 Å². The van der Waals surface area contributed by atoms with Crippen LogP contribution in [-0.2, 0) is 6.42 Å². The molecule has 2 aliphatic heterocycles. The van der Waals surface area contributed by atoms with Gasteiger partial charge in [-0.2, -0.15) is 0 Å². The van der Waals surface area contributed by atoms with E-state index >= 15 is 0 Å². The summed E-state index contributed by atoms with van der Waals surface area (Å²) in [4.78, 5) is 48.4. The lowest BCUT2D eigenvalue weighted by molar-refractivity contribution is 0.0983. The van der Waals surface area contributed by atoms with Crippen LogP contribution in [0.3, 0.4) is 0 Å². The SMILES string of the molecule is NC(=O)c1cc2c(s1)-c1ccccc1N(C(=O)c1ccc(NC(=O)c3cccnc3N3CCCC3)cc1)CC2. The quantitative estimate of drug-likeness (QED) is 0.374. The number of thiophene rings is 1. The normalized spacial score (nSPS) is 14.4. The Morgan fingerprint density at radius 2 is 1.69 bits per heavy atom. The zero-order chi connectivity index (χ0) is 26.9. The van der Waals surface area contributed by atoms with Crippen molar-refractivity contribution in [3.05, 3.63) is 94.5 Å². The van der Waals surface area contributed by atoms with Crippen LogP contribution in [0, 0.1) is 0 Å². The highest BCUT2D eigenvalue weighted by Gasteiger charge is 2.27. The fourth-order valence-corrected chi connectivity index (χ4v) is 6.33. The van der Waals surface area contributed by atoms with Gasteiger partial charge >= 0.3 is 0 Å². The van der Waals surface area contributed by atoms with Gasteiger partial charge in [-0.15, -0.1) is 11.3 Å². The number of primary amides is 1. The number of para-hydroxylation sites is 1. The number of hydrogen-bond acceptors (Lipinski definition) is 6. The Balaban J connectivity index is 1.22. The topological polar surface area (TPSA) is 109 Å². The number of nitrogens with one attached hydrogen (secondary N) is 1. The number of fused-ring (bicyclic) bond motifs is 3. The number of nitrogens with zero attached hydrogens (tertiary/aromatic N) is 3. The summed E-state index contributed by atoms with van der Waals surface area (Å²) in [6.45, 7) is 2.26. The minimum Gasteiger partial charge on any atom is -0.365 e. The molecule has 0 spiro atoms. The fourth-order valence-electron chi connectivity index (χ4n) is 5.23. The number of hydrogen-bond donors (Lipinski definition) is 2. The summed E-state index contributed by atoms with van der Waals surface area (Å²) in [6.07, 6.45) is 4.51. The van der Waals surface area contributed by atoms with Gasteiger partial charge in [0.2, 0.25) is 0 Å². The first-order valence-electron chi connectivity index (χ1n) is 12.9. The van der Waals surface area contributed by atoms with Gasteiger partial charge in [0.25, 0.3) is 17.7 Å². The van der Waals surface area contributed by atoms with E-state index in [1.165, 1.54) is 11.3 Å². The van der Waals surface area contributed by atoms with Crippen LogP contribution in [0.1, 0.15) is 48.8 Å². The van der Waals surface area contributed by atoms with Crippen molar-refractivity contribution in [2.45, 2.75) is 19.3 Å². The van der Waals surface area contributed by atoms with Crippen LogP contribution in [0.25, 0.3) is 10.4 Å². The summed E-state index contributed by atoms with van der Waals surface area (Å²) in [7, 11) is 0. The molecule has 0 bridgehead atoms. The van der Waals surface area contributed by atoms with Gasteiger partial charge in [-0.05, 0) is 73.4 Å². The van der Waals surface area contributed by atoms with E-state index in [0.29, 0.717) is 40.5 Å². The van der Waals surface area contributed by atoms with E-state index in [9.17, 15) is 14.4 Å². The standard InChI is InChI=1S/C30H27N5O3S/c31-27(36)25-18-20-13-17-35(24-8-2-1-6-22(24)26(20)39-25)30(38)19-9-11-21(12-10-19)33-29(37)23-7-5-14-32-28(23)34-15-3-4-16-34/h1-2,5-12,14,18H,3-4,13,15-17H2,(H2,31,36)(H,33,37). The van der Waals surface area contributed by atoms with Crippen LogP contribution in [0.4, 0.5) is 17.2 Å². The molecule has 8 nitrogen and oxygen atoms in total. The zero-order valence-corrected chi connectivity index (χ0v) is 22.0. The predicted molar refractivity (Wildman–Crippen MR) is 154 cm³/mol. The number of carbonyl (C=O) groups is 3. The van der Waals surface area contributed by atoms with Gasteiger partial charge in [0.1, 0.15) is 5.82 Å². The minimum absolute atomic E-state index is 0.130. The van der Waals surface area contributed by atoms with Gasteiger partial charge in [-0.1, -0.05) is 18.2 Å². The van der Waals surface area contributed by atoms with Crippen molar-refractivity contribution in [2.75, 3.05) is 34.8 Å². The molecule has 3 amide bonds. The van der Waals surface area contributed by atoms with E-state index in [1.54, 1.807) is 47.5 Å². The van der Waals surface area contributed by atoms with Crippen LogP contribution in [0.5, 0.6) is 0 Å². The number of aromatic nitrogens is 1. The molecule has 0 unspecified atom stereocenters. The van der Waals surface area contributed by atoms with Gasteiger partial charge in [0.15, 0.2) is 0 Å². The number of pyridine rings is 1. The lowest BCUT2D eigenvalue weighted by Crippen LogP contribution is -2.32. The van der Waals surface area contributed by atoms with Crippen molar-refractivity contribution in [2.24, 2.45) is 5.73 Å². The molecule has 4 heterocycles. The third-order valence-electron chi connectivity index (χ3n) is 7.17. The summed E-state index contributed by atoms with van der Waals surface area (Å²) in [5.41, 5.74) is 9.89. The third kappa shape index (κ3) is 4.77. The van der Waals surface area contributed by atoms with Gasteiger partial charge < -0.3 is 20.9 Å². The highest BCUT2D eigenvalue weighted by atomic mass is 32.1. The molecule has 4 aromatic rings. The van der Waals surface area contributed by atoms with E-state index in [1.807, 2.05) is 30.3 Å². The first kappa shape index (κ1) is 24.8. The Kier molecular flexibility index (Phi) is 6.58. The van der Waals surface area contributed by atoms with Gasteiger partial charge in [0, 0.05) is 47.5 Å². The monoisotopic (exact) mass is 537 g/mol. The van der Waals surface area contributed by atoms with E-state index < -0.39 is 5.91 Å². The highest BCUT2D eigenvalue weighted by molar-refractivity contribution is 7.17. The number of nitrogens with two attached hydrogens (primary N) is 1. The summed E-state index contributed by atoms with van der Waals surface area (Å²) >= 11 is 1.36. The maximum absolute atomic E-state index is 13.7. The van der Waals surface area contributed by atoms with E-state index in [4.69, 9.17) is 5.73 Å². The molecule has 6 rings (SSSR count). The van der Waals surface area contributed by atoms with Crippen LogP contribution in [-0.4, -0.2) is 42.3 Å². The summed E-state index contributed by atoms with van der Waals surface area (Å²) < 4.78 is 0. The lowest BCUT2D eigenvalue weighted by atomic mass is 10.1. The molecular formula is C30H27N5O3S. The molecule has 2 aliphatic rings. The molecule has 1 fully saturated rings. The predicted octanol–water partition coefficient (Wildman–Crippen LogP) is 4.96. The molecule has 0 saturated carbocycles. The van der Waals surface area contributed by atoms with Crippen molar-refractivity contribution in [1.29, 1.82) is 0 Å². The fraction of sp³-hybridized carbons (Fsp3) is 0.200. The van der Waals surface area contributed by atoms with Crippen molar-refractivity contribution in [3.63, 3.8) is 0 Å². The lowest BCUT2D eigenvalue weighted by Gasteiger charge is -2.23.